The van der Waals surface area contributed by atoms with Crippen LogP contribution in [0.25, 0.3) is 0 Å². The Balaban J connectivity index is 3.46. The van der Waals surface area contributed by atoms with Crippen molar-refractivity contribution in [2.24, 2.45) is 11.5 Å². The summed E-state index contributed by atoms with van der Waals surface area (Å²) >= 11 is 0. The van der Waals surface area contributed by atoms with Crippen LogP contribution in [-0.4, -0.2) is 23.8 Å². The lowest BCUT2D eigenvalue weighted by Crippen LogP contribution is -2.35. The summed E-state index contributed by atoms with van der Waals surface area (Å²) in [6.07, 6.45) is 1.11. The molecular weight excluding hydrogens is 150 g/mol. The van der Waals surface area contributed by atoms with Crippen LogP contribution in [0.1, 0.15) is 12.8 Å². The van der Waals surface area contributed by atoms with E-state index < -0.39 is 12.0 Å². The minimum atomic E-state index is -0.724. The average Bonchev–Trinajstić information content (AvgIpc) is 2.00. The van der Waals surface area contributed by atoms with Gasteiger partial charge in [0.25, 0.3) is 0 Å². The van der Waals surface area contributed by atoms with Gasteiger partial charge in [0.1, 0.15) is 6.04 Å². The molecule has 6 N–H and O–H groups in total. The zero-order chi connectivity index (χ0) is 8.69. The van der Waals surface area contributed by atoms with Crippen LogP contribution in [0.3, 0.4) is 0 Å². The van der Waals surface area contributed by atoms with Crippen LogP contribution in [0, 0.1) is 0 Å². The first-order valence-electron chi connectivity index (χ1n) is 3.27. The maximum Gasteiger partial charge on any atom is 0.344 e. The molecule has 0 bridgehead atoms. The Labute approximate surface area is 64.4 Å². The third-order valence-corrected chi connectivity index (χ3v) is 1.17. The molecule has 0 fully saturated rings. The second-order valence-corrected chi connectivity index (χ2v) is 2.05. The lowest BCUT2D eigenvalue weighted by atomic mass is 10.2. The lowest BCUT2D eigenvalue weighted by Gasteiger charge is -2.07. The van der Waals surface area contributed by atoms with E-state index in [4.69, 9.17) is 16.7 Å². The standard InChI is InChI=1S/C5H13N3O3/c6-3-1-2-4(7)5(9)11-8-10/h4,8,10H,1-3,6-7H2. The van der Waals surface area contributed by atoms with Crippen LogP contribution >= 0.6 is 0 Å². The zero-order valence-corrected chi connectivity index (χ0v) is 6.12. The van der Waals surface area contributed by atoms with Crippen LogP contribution in [0.4, 0.5) is 0 Å². The molecule has 11 heavy (non-hydrogen) atoms. The van der Waals surface area contributed by atoms with E-state index in [1.165, 1.54) is 5.64 Å². The molecule has 0 aromatic carbocycles. The van der Waals surface area contributed by atoms with Crippen molar-refractivity contribution < 1.29 is 14.8 Å². The van der Waals surface area contributed by atoms with Crippen LogP contribution in [0.15, 0.2) is 0 Å². The fourth-order valence-electron chi connectivity index (χ4n) is 0.576. The monoisotopic (exact) mass is 163 g/mol. The summed E-state index contributed by atoms with van der Waals surface area (Å²) in [6, 6.07) is -0.724. The Kier molecular flexibility index (Phi) is 5.67. The first-order valence-corrected chi connectivity index (χ1v) is 3.27. The molecule has 0 aliphatic rings. The molecule has 6 heteroatoms. The Morgan fingerprint density at radius 3 is 2.82 bits per heavy atom. The van der Waals surface area contributed by atoms with Crippen molar-refractivity contribution in [2.75, 3.05) is 6.54 Å². The average molecular weight is 163 g/mol. The predicted octanol–water partition coefficient (Wildman–Crippen LogP) is -1.51. The Morgan fingerprint density at radius 2 is 2.36 bits per heavy atom. The smallest absolute Gasteiger partial charge is 0.344 e. The van der Waals surface area contributed by atoms with E-state index in [-0.39, 0.29) is 0 Å². The molecule has 6 nitrogen and oxygen atoms in total. The molecular formula is C5H13N3O3. The van der Waals surface area contributed by atoms with E-state index in [1.54, 1.807) is 0 Å². The first-order chi connectivity index (χ1) is 5.22. The molecule has 0 amide bonds. The first kappa shape index (κ1) is 10.3. The topological polar surface area (TPSA) is 111 Å². The predicted molar refractivity (Wildman–Crippen MR) is 37.3 cm³/mol. The van der Waals surface area contributed by atoms with Crippen molar-refractivity contribution in [3.8, 4) is 0 Å². The van der Waals surface area contributed by atoms with Crippen molar-refractivity contribution in [1.29, 1.82) is 0 Å². The molecule has 0 aromatic heterocycles. The third-order valence-electron chi connectivity index (χ3n) is 1.17. The minimum absolute atomic E-state index is 0.455. The molecule has 66 valence electrons. The molecule has 0 heterocycles. The summed E-state index contributed by atoms with van der Waals surface area (Å²) in [6.45, 7) is 0.480. The molecule has 0 saturated heterocycles. The molecule has 0 aliphatic heterocycles. The zero-order valence-electron chi connectivity index (χ0n) is 6.12. The van der Waals surface area contributed by atoms with E-state index >= 15 is 0 Å². The van der Waals surface area contributed by atoms with Gasteiger partial charge in [-0.2, -0.15) is 0 Å². The Morgan fingerprint density at radius 1 is 1.73 bits per heavy atom. The van der Waals surface area contributed by atoms with Gasteiger partial charge >= 0.3 is 5.97 Å². The van der Waals surface area contributed by atoms with Crippen LogP contribution in [0.2, 0.25) is 0 Å². The van der Waals surface area contributed by atoms with E-state index in [1.807, 2.05) is 0 Å². The van der Waals surface area contributed by atoms with Crippen molar-refractivity contribution in [2.45, 2.75) is 18.9 Å². The van der Waals surface area contributed by atoms with E-state index in [0.29, 0.717) is 19.4 Å². The number of nitrogens with one attached hydrogen (secondary N) is 1. The number of carbonyl (C=O) groups excluding carboxylic acids is 1. The normalized spacial score (nSPS) is 12.6. The fourth-order valence-corrected chi connectivity index (χ4v) is 0.576. The summed E-state index contributed by atoms with van der Waals surface area (Å²) in [5.74, 6) is -0.694. The summed E-state index contributed by atoms with van der Waals surface area (Å²) in [4.78, 5) is 14.6. The van der Waals surface area contributed by atoms with Gasteiger partial charge in [-0.1, -0.05) is 0 Å². The van der Waals surface area contributed by atoms with Gasteiger partial charge in [0, 0.05) is 0 Å². The van der Waals surface area contributed by atoms with Gasteiger partial charge in [-0.3, -0.25) is 5.21 Å². The highest BCUT2D eigenvalue weighted by molar-refractivity contribution is 5.74. The maximum atomic E-state index is 10.6. The van der Waals surface area contributed by atoms with Crippen molar-refractivity contribution in [3.05, 3.63) is 0 Å². The Hall–Kier alpha value is -0.690. The van der Waals surface area contributed by atoms with Crippen molar-refractivity contribution >= 4 is 5.97 Å². The van der Waals surface area contributed by atoms with Gasteiger partial charge in [-0.05, 0) is 25.0 Å². The van der Waals surface area contributed by atoms with Crippen molar-refractivity contribution in [3.63, 3.8) is 0 Å². The largest absolute Gasteiger partial charge is 0.344 e. The molecule has 0 saturated carbocycles. The maximum absolute atomic E-state index is 10.6. The van der Waals surface area contributed by atoms with E-state index in [0.717, 1.165) is 0 Å². The van der Waals surface area contributed by atoms with Gasteiger partial charge in [0.05, 0.1) is 0 Å². The van der Waals surface area contributed by atoms with Crippen LogP contribution in [-0.2, 0) is 9.63 Å². The molecule has 0 aliphatic carbocycles. The number of nitrogens with two attached hydrogens (primary N) is 2. The fraction of sp³-hybridized carbons (Fsp3) is 0.800. The highest BCUT2D eigenvalue weighted by Crippen LogP contribution is 1.93. The van der Waals surface area contributed by atoms with E-state index in [2.05, 4.69) is 4.84 Å². The molecule has 1 atom stereocenters. The highest BCUT2D eigenvalue weighted by Gasteiger charge is 2.13. The van der Waals surface area contributed by atoms with Gasteiger partial charge in [-0.25, -0.2) is 4.79 Å². The lowest BCUT2D eigenvalue weighted by molar-refractivity contribution is -0.178. The second-order valence-electron chi connectivity index (χ2n) is 2.05. The third kappa shape index (κ3) is 4.68. The number of carbonyl (C=O) groups is 1. The summed E-state index contributed by atoms with van der Waals surface area (Å²) in [5.41, 5.74) is 11.8. The Bertz CT molecular complexity index is 120. The van der Waals surface area contributed by atoms with Crippen LogP contribution in [0.5, 0.6) is 0 Å². The number of rotatable bonds is 5. The minimum Gasteiger partial charge on any atom is -0.344 e. The SMILES string of the molecule is NCCCC(N)C(=O)ONO. The number of hydrogen-bond acceptors (Lipinski definition) is 6. The van der Waals surface area contributed by atoms with Gasteiger partial charge in [-0.15, -0.1) is 0 Å². The molecule has 0 radical (unpaired) electrons. The summed E-state index contributed by atoms with van der Waals surface area (Å²) in [7, 11) is 0. The number of hydrogen-bond donors (Lipinski definition) is 4. The highest BCUT2D eigenvalue weighted by atomic mass is 16.9. The van der Waals surface area contributed by atoms with Gasteiger partial charge in [0.2, 0.25) is 0 Å². The van der Waals surface area contributed by atoms with Gasteiger partial charge < -0.3 is 16.3 Å². The van der Waals surface area contributed by atoms with E-state index in [9.17, 15) is 4.79 Å². The molecule has 0 rings (SSSR count). The van der Waals surface area contributed by atoms with Crippen molar-refractivity contribution in [1.82, 2.24) is 5.64 Å². The summed E-state index contributed by atoms with van der Waals surface area (Å²) in [5, 5.41) is 7.94. The molecule has 1 unspecified atom stereocenters. The van der Waals surface area contributed by atoms with Crippen LogP contribution < -0.4 is 17.1 Å². The quantitative estimate of drug-likeness (QED) is 0.367. The summed E-state index contributed by atoms with van der Waals surface area (Å²) < 4.78 is 0. The molecule has 0 spiro atoms. The second kappa shape index (κ2) is 6.05. The van der Waals surface area contributed by atoms with Gasteiger partial charge in [0.15, 0.2) is 0 Å². The molecule has 0 aromatic rings.